The summed E-state index contributed by atoms with van der Waals surface area (Å²) in [6, 6.07) is 0. The molecule has 0 spiro atoms. The molecular weight excluding hydrogens is 760 g/mol. The van der Waals surface area contributed by atoms with Gasteiger partial charge in [0.15, 0.2) is 0 Å². The van der Waals surface area contributed by atoms with Gasteiger partial charge >= 0.3 is 0 Å². The Labute approximate surface area is 209 Å². The van der Waals surface area contributed by atoms with Crippen LogP contribution in [0.2, 0.25) is 0 Å². The second kappa shape index (κ2) is 20.9. The molecule has 1 unspecified atom stereocenters. The Bertz CT molecular complexity index is 229. The minimum atomic E-state index is 0. The van der Waals surface area contributed by atoms with Gasteiger partial charge in [-0.25, -0.2) is 19.4 Å². The van der Waals surface area contributed by atoms with Gasteiger partial charge in [0.25, 0.3) is 0 Å². The third-order valence-corrected chi connectivity index (χ3v) is 2.78. The van der Waals surface area contributed by atoms with Crippen LogP contribution in [0.15, 0.2) is 0 Å². The van der Waals surface area contributed by atoms with E-state index < -0.39 is 0 Å². The van der Waals surface area contributed by atoms with Gasteiger partial charge in [0.2, 0.25) is 0 Å². The van der Waals surface area contributed by atoms with E-state index in [0.29, 0.717) is 6.10 Å². The number of nitrogens with zero attached hydrogens (tertiary/aromatic N) is 1. The van der Waals surface area contributed by atoms with E-state index in [0.717, 1.165) is 32.2 Å². The van der Waals surface area contributed by atoms with Gasteiger partial charge in [0.05, 0.1) is 5.91 Å². The summed E-state index contributed by atoms with van der Waals surface area (Å²) in [7, 11) is 1.82. The molecule has 2 aliphatic heterocycles. The standard InChI is InChI=1S/C7H11NO.C7H12O.2W.2Y/c1-8-6-4-2-3-5-7(8)9;1-7-5-3-2-4-6-8-7;;;;/h4-5H,2-3,6H2,1H3;3,6-7H,2,4-5H2,1H3;;;;/q2*-2;;;;. The molecule has 1 atom stereocenters. The van der Waals surface area contributed by atoms with E-state index in [1.54, 1.807) is 11.3 Å². The number of carbonyl (C=O) groups excluding carboxylic acids is 1. The SMILES string of the molecule is CC1C[CH-]CC[CH-]O1.CN1C[CH-]CC[CH-]C1=O.[W].[W].[Y].[Y]. The molecule has 2 saturated heterocycles. The second-order valence-electron chi connectivity index (χ2n) is 4.50. The zero-order valence-electron chi connectivity index (χ0n) is 12.9. The zero-order chi connectivity index (χ0) is 12.5. The Hall–Kier alpha value is 2.88. The smallest absolute Gasteiger partial charge is 0.0822 e. The quantitative estimate of drug-likeness (QED) is 0.354. The van der Waals surface area contributed by atoms with Crippen molar-refractivity contribution in [3.63, 3.8) is 0 Å². The number of amides is 1. The van der Waals surface area contributed by atoms with Crippen molar-refractivity contribution < 1.29 is 117 Å². The molecule has 0 saturated carbocycles. The minimum Gasteiger partial charge on any atom is -0.552 e. The molecule has 2 fully saturated rings. The van der Waals surface area contributed by atoms with Gasteiger partial charge in [-0.05, 0) is 13.0 Å². The molecule has 0 aromatic rings. The van der Waals surface area contributed by atoms with Gasteiger partial charge < -0.3 is 33.7 Å². The Kier molecular flexibility index (Phi) is 31.5. The van der Waals surface area contributed by atoms with Crippen molar-refractivity contribution in [3.8, 4) is 0 Å². The van der Waals surface area contributed by atoms with E-state index in [2.05, 4.69) is 19.8 Å². The number of hydrogen-bond donors (Lipinski definition) is 0. The third-order valence-electron chi connectivity index (χ3n) is 2.78. The van der Waals surface area contributed by atoms with Crippen LogP contribution in [-0.2, 0) is 117 Å². The van der Waals surface area contributed by atoms with Gasteiger partial charge in [0, 0.05) is 115 Å². The third kappa shape index (κ3) is 17.5. The van der Waals surface area contributed by atoms with Crippen molar-refractivity contribution in [1.82, 2.24) is 4.90 Å². The van der Waals surface area contributed by atoms with Crippen LogP contribution in [0, 0.1) is 25.9 Å². The first-order valence-corrected chi connectivity index (χ1v) is 6.39. The topological polar surface area (TPSA) is 29.5 Å². The van der Waals surface area contributed by atoms with E-state index in [9.17, 15) is 4.79 Å². The van der Waals surface area contributed by atoms with E-state index in [-0.39, 0.29) is 113 Å². The molecule has 2 heterocycles. The van der Waals surface area contributed by atoms with Crippen LogP contribution in [0.1, 0.15) is 39.0 Å². The fraction of sp³-hybridized carbons (Fsp3) is 0.643. The fourth-order valence-electron chi connectivity index (χ4n) is 1.68. The Morgan fingerprint density at radius 1 is 1.10 bits per heavy atom. The van der Waals surface area contributed by atoms with Gasteiger partial charge in [-0.15, -0.1) is 6.54 Å². The van der Waals surface area contributed by atoms with Crippen molar-refractivity contribution >= 4 is 5.91 Å². The zero-order valence-corrected chi connectivity index (χ0v) is 24.4. The predicted octanol–water partition coefficient (Wildman–Crippen LogP) is 2.58. The molecule has 0 N–H and O–H groups in total. The summed E-state index contributed by atoms with van der Waals surface area (Å²) < 4.78 is 5.25. The summed E-state index contributed by atoms with van der Waals surface area (Å²) >= 11 is 0. The van der Waals surface area contributed by atoms with Crippen LogP contribution in [-0.4, -0.2) is 30.5 Å². The van der Waals surface area contributed by atoms with E-state index in [4.69, 9.17) is 4.74 Å². The van der Waals surface area contributed by atoms with Gasteiger partial charge in [-0.2, -0.15) is 19.3 Å². The molecule has 2 aliphatic rings. The van der Waals surface area contributed by atoms with Crippen LogP contribution in [0.4, 0.5) is 0 Å². The average Bonchev–Trinajstić information content (AvgIpc) is 2.65. The molecule has 0 aromatic carbocycles. The van der Waals surface area contributed by atoms with Crippen molar-refractivity contribution in [2.24, 2.45) is 0 Å². The fourth-order valence-corrected chi connectivity index (χ4v) is 1.68. The van der Waals surface area contributed by atoms with Crippen LogP contribution in [0.25, 0.3) is 0 Å². The van der Waals surface area contributed by atoms with Crippen molar-refractivity contribution in [1.29, 1.82) is 0 Å². The number of likely N-dealkylation sites (tertiary alicyclic amines) is 1. The molecule has 7 heteroatoms. The molecular formula is C14H23NO2W2Y2-4. The van der Waals surface area contributed by atoms with Gasteiger partial charge in [-0.1, -0.05) is 0 Å². The first kappa shape index (κ1) is 31.6. The first-order chi connectivity index (χ1) is 8.20. The van der Waals surface area contributed by atoms with Crippen molar-refractivity contribution in [2.75, 3.05) is 13.6 Å². The minimum absolute atomic E-state index is 0. The largest absolute Gasteiger partial charge is 0.552 e. The summed E-state index contributed by atoms with van der Waals surface area (Å²) in [5.74, 6) is 0.156. The molecule has 0 aliphatic carbocycles. The Balaban J connectivity index is -0.000000116. The summed E-state index contributed by atoms with van der Waals surface area (Å²) in [6.07, 6.45) is 11.9. The molecule has 3 nitrogen and oxygen atoms in total. The summed E-state index contributed by atoms with van der Waals surface area (Å²) in [5, 5.41) is 0. The maximum Gasteiger partial charge on any atom is 0.0822 e. The second-order valence-corrected chi connectivity index (χ2v) is 4.50. The summed E-state index contributed by atoms with van der Waals surface area (Å²) in [5.41, 5.74) is 0. The molecule has 0 aromatic heterocycles. The normalized spacial score (nSPS) is 21.1. The molecule has 0 bridgehead atoms. The predicted molar refractivity (Wildman–Crippen MR) is 68.5 cm³/mol. The van der Waals surface area contributed by atoms with E-state index >= 15 is 0 Å². The maximum absolute atomic E-state index is 10.9. The number of hydrogen-bond acceptors (Lipinski definition) is 2. The number of carbonyl (C=O) groups is 1. The average molecular weight is 783 g/mol. The summed E-state index contributed by atoms with van der Waals surface area (Å²) in [6.45, 7) is 4.81. The van der Waals surface area contributed by atoms with Crippen LogP contribution >= 0.6 is 0 Å². The van der Waals surface area contributed by atoms with Crippen molar-refractivity contribution in [2.45, 2.75) is 45.1 Å². The first-order valence-electron chi connectivity index (χ1n) is 6.39. The van der Waals surface area contributed by atoms with Crippen LogP contribution in [0.5, 0.6) is 0 Å². The Morgan fingerprint density at radius 3 is 2.38 bits per heavy atom. The monoisotopic (exact) mass is 783 g/mol. The van der Waals surface area contributed by atoms with E-state index in [1.807, 2.05) is 13.7 Å². The van der Waals surface area contributed by atoms with Crippen LogP contribution in [0.3, 0.4) is 0 Å². The number of ether oxygens (including phenoxy) is 1. The summed E-state index contributed by atoms with van der Waals surface area (Å²) in [4.78, 5) is 12.6. The van der Waals surface area contributed by atoms with Crippen LogP contribution < -0.4 is 0 Å². The van der Waals surface area contributed by atoms with E-state index in [1.165, 1.54) is 6.42 Å². The Morgan fingerprint density at radius 2 is 1.71 bits per heavy atom. The van der Waals surface area contributed by atoms with Gasteiger partial charge in [-0.3, -0.25) is 0 Å². The van der Waals surface area contributed by atoms with Crippen molar-refractivity contribution in [3.05, 3.63) is 25.9 Å². The maximum atomic E-state index is 10.9. The molecule has 21 heavy (non-hydrogen) atoms. The molecule has 118 valence electrons. The molecule has 1 amide bonds. The molecule has 2 radical (unpaired) electrons. The van der Waals surface area contributed by atoms with Gasteiger partial charge in [0.1, 0.15) is 0 Å². The number of rotatable bonds is 0. The molecule has 2 rings (SSSR count).